The van der Waals surface area contributed by atoms with Gasteiger partial charge in [0.1, 0.15) is 17.5 Å². The maximum Gasteiger partial charge on any atom is 0.321 e. The van der Waals surface area contributed by atoms with Gasteiger partial charge < -0.3 is 20.5 Å². The number of carboxylic acid groups (broad SMARTS) is 1. The van der Waals surface area contributed by atoms with Crippen molar-refractivity contribution in [1.82, 2.24) is 5.32 Å². The number of nitrogens with one attached hydrogen (secondary N) is 2. The Morgan fingerprint density at radius 1 is 0.833 bits per heavy atom. The Bertz CT molecular complexity index is 944. The standard InChI is InChI=1S/C24H24N2O4/c27-23(17-22(24(28)29)25-16-15-18-7-3-1-4-8-18)26-19-11-13-21(14-12-19)30-20-9-5-2-6-10-20/h1-14,22,25H,15-17H2,(H,26,27)(H,28,29). The molecule has 0 saturated heterocycles. The van der Waals surface area contributed by atoms with E-state index < -0.39 is 12.0 Å². The van der Waals surface area contributed by atoms with Crippen LogP contribution in [-0.4, -0.2) is 29.6 Å². The first-order valence-corrected chi connectivity index (χ1v) is 9.73. The summed E-state index contributed by atoms with van der Waals surface area (Å²) < 4.78 is 5.71. The second-order valence-corrected chi connectivity index (χ2v) is 6.77. The number of para-hydroxylation sites is 1. The molecule has 0 aliphatic rings. The van der Waals surface area contributed by atoms with Crippen LogP contribution in [0.5, 0.6) is 11.5 Å². The molecule has 0 aromatic heterocycles. The Morgan fingerprint density at radius 2 is 1.43 bits per heavy atom. The molecule has 0 spiro atoms. The van der Waals surface area contributed by atoms with Crippen LogP contribution in [0.4, 0.5) is 5.69 Å². The molecule has 6 nitrogen and oxygen atoms in total. The molecule has 3 aromatic rings. The molecule has 0 fully saturated rings. The summed E-state index contributed by atoms with van der Waals surface area (Å²) in [5.74, 6) is -0.0542. The summed E-state index contributed by atoms with van der Waals surface area (Å²) >= 11 is 0. The van der Waals surface area contributed by atoms with Crippen molar-refractivity contribution in [2.45, 2.75) is 18.9 Å². The van der Waals surface area contributed by atoms with E-state index in [2.05, 4.69) is 10.6 Å². The van der Waals surface area contributed by atoms with Gasteiger partial charge in [-0.15, -0.1) is 0 Å². The fraction of sp³-hybridized carbons (Fsp3) is 0.167. The van der Waals surface area contributed by atoms with Gasteiger partial charge in [0, 0.05) is 5.69 Å². The summed E-state index contributed by atoms with van der Waals surface area (Å²) in [7, 11) is 0. The molecule has 6 heteroatoms. The van der Waals surface area contributed by atoms with Crippen LogP contribution in [0.15, 0.2) is 84.9 Å². The van der Waals surface area contributed by atoms with Gasteiger partial charge in [0.2, 0.25) is 5.91 Å². The highest BCUT2D eigenvalue weighted by Crippen LogP contribution is 2.22. The lowest BCUT2D eigenvalue weighted by Gasteiger charge is -2.14. The van der Waals surface area contributed by atoms with Crippen molar-refractivity contribution in [3.05, 3.63) is 90.5 Å². The highest BCUT2D eigenvalue weighted by Gasteiger charge is 2.20. The first-order chi connectivity index (χ1) is 14.6. The molecule has 0 aliphatic carbocycles. The number of benzene rings is 3. The number of aliphatic carboxylic acids is 1. The summed E-state index contributed by atoms with van der Waals surface area (Å²) in [6.45, 7) is 0.472. The number of amides is 1. The lowest BCUT2D eigenvalue weighted by molar-refractivity contribution is -0.141. The first kappa shape index (κ1) is 21.1. The Morgan fingerprint density at radius 3 is 2.07 bits per heavy atom. The van der Waals surface area contributed by atoms with Crippen molar-refractivity contribution in [1.29, 1.82) is 0 Å². The molecule has 0 aliphatic heterocycles. The Kier molecular flexibility index (Phi) is 7.58. The van der Waals surface area contributed by atoms with Crippen molar-refractivity contribution in [2.24, 2.45) is 0 Å². The van der Waals surface area contributed by atoms with Crippen LogP contribution in [0, 0.1) is 0 Å². The third-order valence-electron chi connectivity index (χ3n) is 4.45. The van der Waals surface area contributed by atoms with Crippen molar-refractivity contribution in [3.8, 4) is 11.5 Å². The van der Waals surface area contributed by atoms with E-state index in [9.17, 15) is 14.7 Å². The normalized spacial score (nSPS) is 11.5. The molecule has 0 heterocycles. The molecule has 0 bridgehead atoms. The molecule has 154 valence electrons. The van der Waals surface area contributed by atoms with Crippen LogP contribution in [0.2, 0.25) is 0 Å². The van der Waals surface area contributed by atoms with E-state index >= 15 is 0 Å². The van der Waals surface area contributed by atoms with Gasteiger partial charge >= 0.3 is 5.97 Å². The fourth-order valence-corrected chi connectivity index (χ4v) is 2.91. The van der Waals surface area contributed by atoms with Crippen molar-refractivity contribution < 1.29 is 19.4 Å². The second kappa shape index (κ2) is 10.8. The SMILES string of the molecule is O=C(CC(NCCc1ccccc1)C(=O)O)Nc1ccc(Oc2ccccc2)cc1. The zero-order valence-electron chi connectivity index (χ0n) is 16.5. The Hall–Kier alpha value is -3.64. The molecule has 1 amide bonds. The van der Waals surface area contributed by atoms with E-state index in [1.165, 1.54) is 0 Å². The number of rotatable bonds is 10. The van der Waals surface area contributed by atoms with Gasteiger partial charge in [-0.1, -0.05) is 48.5 Å². The molecular formula is C24H24N2O4. The lowest BCUT2D eigenvalue weighted by atomic mass is 10.1. The van der Waals surface area contributed by atoms with Crippen LogP contribution in [0.25, 0.3) is 0 Å². The predicted molar refractivity (Wildman–Crippen MR) is 116 cm³/mol. The molecule has 0 radical (unpaired) electrons. The van der Waals surface area contributed by atoms with Crippen LogP contribution in [0.3, 0.4) is 0 Å². The second-order valence-electron chi connectivity index (χ2n) is 6.77. The molecule has 1 atom stereocenters. The fourth-order valence-electron chi connectivity index (χ4n) is 2.91. The van der Waals surface area contributed by atoms with Gasteiger partial charge in [-0.3, -0.25) is 9.59 Å². The number of hydrogen-bond donors (Lipinski definition) is 3. The largest absolute Gasteiger partial charge is 0.480 e. The topological polar surface area (TPSA) is 87.7 Å². The third-order valence-corrected chi connectivity index (χ3v) is 4.45. The zero-order valence-corrected chi connectivity index (χ0v) is 16.5. The quantitative estimate of drug-likeness (QED) is 0.474. The summed E-state index contributed by atoms with van der Waals surface area (Å²) in [6, 6.07) is 25.1. The van der Waals surface area contributed by atoms with Gasteiger partial charge in [0.25, 0.3) is 0 Å². The monoisotopic (exact) mass is 404 g/mol. The average Bonchev–Trinajstić information content (AvgIpc) is 2.76. The zero-order chi connectivity index (χ0) is 21.2. The number of ether oxygens (including phenoxy) is 1. The predicted octanol–water partition coefficient (Wildman–Crippen LogP) is 4.09. The number of hydrogen-bond acceptors (Lipinski definition) is 4. The summed E-state index contributed by atoms with van der Waals surface area (Å²) in [5, 5.41) is 15.1. The molecule has 30 heavy (non-hydrogen) atoms. The average molecular weight is 404 g/mol. The minimum absolute atomic E-state index is 0.160. The minimum atomic E-state index is -1.05. The van der Waals surface area contributed by atoms with E-state index in [1.54, 1.807) is 24.3 Å². The van der Waals surface area contributed by atoms with E-state index in [0.29, 0.717) is 24.4 Å². The van der Waals surface area contributed by atoms with E-state index in [1.807, 2.05) is 60.7 Å². The Labute approximate surface area is 175 Å². The van der Waals surface area contributed by atoms with Crippen molar-refractivity contribution in [2.75, 3.05) is 11.9 Å². The van der Waals surface area contributed by atoms with Gasteiger partial charge in [0.05, 0.1) is 6.42 Å². The van der Waals surface area contributed by atoms with Gasteiger partial charge in [-0.2, -0.15) is 0 Å². The molecule has 3 aromatic carbocycles. The van der Waals surface area contributed by atoms with Crippen LogP contribution in [0.1, 0.15) is 12.0 Å². The summed E-state index contributed by atoms with van der Waals surface area (Å²) in [4.78, 5) is 23.8. The molecular weight excluding hydrogens is 380 g/mol. The summed E-state index contributed by atoms with van der Waals surface area (Å²) in [6.07, 6.45) is 0.529. The number of carbonyl (C=O) groups is 2. The van der Waals surface area contributed by atoms with Crippen LogP contribution < -0.4 is 15.4 Å². The Balaban J connectivity index is 1.48. The lowest BCUT2D eigenvalue weighted by Crippen LogP contribution is -2.40. The molecule has 1 unspecified atom stereocenters. The number of carbonyl (C=O) groups excluding carboxylic acids is 1. The van der Waals surface area contributed by atoms with Gasteiger partial charge in [-0.05, 0) is 54.9 Å². The minimum Gasteiger partial charge on any atom is -0.480 e. The van der Waals surface area contributed by atoms with E-state index in [4.69, 9.17) is 4.74 Å². The van der Waals surface area contributed by atoms with Crippen molar-refractivity contribution >= 4 is 17.6 Å². The van der Waals surface area contributed by atoms with E-state index in [-0.39, 0.29) is 12.3 Å². The maximum atomic E-state index is 12.3. The molecule has 3 N–H and O–H groups in total. The van der Waals surface area contributed by atoms with Crippen molar-refractivity contribution in [3.63, 3.8) is 0 Å². The number of carboxylic acids is 1. The smallest absolute Gasteiger partial charge is 0.321 e. The third kappa shape index (κ3) is 6.76. The highest BCUT2D eigenvalue weighted by atomic mass is 16.5. The molecule has 0 saturated carbocycles. The van der Waals surface area contributed by atoms with Gasteiger partial charge in [0.15, 0.2) is 0 Å². The van der Waals surface area contributed by atoms with Gasteiger partial charge in [-0.25, -0.2) is 0 Å². The maximum absolute atomic E-state index is 12.3. The van der Waals surface area contributed by atoms with E-state index in [0.717, 1.165) is 11.3 Å². The van der Waals surface area contributed by atoms with Crippen LogP contribution >= 0.6 is 0 Å². The number of anilines is 1. The van der Waals surface area contributed by atoms with Crippen LogP contribution in [-0.2, 0) is 16.0 Å². The molecule has 3 rings (SSSR count). The first-order valence-electron chi connectivity index (χ1n) is 9.73. The highest BCUT2D eigenvalue weighted by molar-refractivity contribution is 5.94. The summed E-state index contributed by atoms with van der Waals surface area (Å²) in [5.41, 5.74) is 1.69.